The van der Waals surface area contributed by atoms with E-state index in [0.29, 0.717) is 6.54 Å². The summed E-state index contributed by atoms with van der Waals surface area (Å²) in [6.07, 6.45) is 0.775. The summed E-state index contributed by atoms with van der Waals surface area (Å²) >= 11 is 0. The largest absolute Gasteiger partial charge is 0.368 e. The van der Waals surface area contributed by atoms with Crippen LogP contribution >= 0.6 is 0 Å². The SMILES string of the molecule is CCCNc1nc(NC(C(N)=O)C(C)C)c(F)cc1F. The second-order valence-electron chi connectivity index (χ2n) is 4.84. The number of halogens is 2. The number of rotatable bonds is 7. The Labute approximate surface area is 117 Å². The fourth-order valence-corrected chi connectivity index (χ4v) is 1.65. The molecule has 0 aromatic carbocycles. The first-order valence-electron chi connectivity index (χ1n) is 6.52. The van der Waals surface area contributed by atoms with Gasteiger partial charge in [0.1, 0.15) is 6.04 Å². The lowest BCUT2D eigenvalue weighted by Crippen LogP contribution is -2.40. The van der Waals surface area contributed by atoms with Crippen LogP contribution in [-0.2, 0) is 4.79 Å². The van der Waals surface area contributed by atoms with Crippen LogP contribution in [0.5, 0.6) is 0 Å². The number of pyridine rings is 1. The van der Waals surface area contributed by atoms with Gasteiger partial charge in [-0.2, -0.15) is 0 Å². The smallest absolute Gasteiger partial charge is 0.240 e. The van der Waals surface area contributed by atoms with Crippen molar-refractivity contribution in [1.82, 2.24) is 4.98 Å². The van der Waals surface area contributed by atoms with Gasteiger partial charge in [-0.05, 0) is 12.3 Å². The van der Waals surface area contributed by atoms with Crippen molar-refractivity contribution in [3.8, 4) is 0 Å². The Bertz CT molecular complexity index is 480. The Morgan fingerprint density at radius 2 is 1.95 bits per heavy atom. The third-order valence-corrected chi connectivity index (χ3v) is 2.74. The van der Waals surface area contributed by atoms with Gasteiger partial charge in [-0.25, -0.2) is 13.8 Å². The van der Waals surface area contributed by atoms with Crippen LogP contribution in [0, 0.1) is 17.6 Å². The number of carbonyl (C=O) groups is 1. The Morgan fingerprint density at radius 3 is 2.45 bits per heavy atom. The highest BCUT2D eigenvalue weighted by atomic mass is 19.1. The van der Waals surface area contributed by atoms with Gasteiger partial charge in [0.15, 0.2) is 23.3 Å². The highest BCUT2D eigenvalue weighted by molar-refractivity contribution is 5.83. The molecular formula is C13H20F2N4O. The Kier molecular flexibility index (Phi) is 5.66. The first-order chi connectivity index (χ1) is 9.36. The maximum absolute atomic E-state index is 13.7. The number of nitrogens with zero attached hydrogens (tertiary/aromatic N) is 1. The summed E-state index contributed by atoms with van der Waals surface area (Å²) < 4.78 is 27.2. The summed E-state index contributed by atoms with van der Waals surface area (Å²) in [6, 6.07) is -0.0485. The molecule has 1 amide bonds. The summed E-state index contributed by atoms with van der Waals surface area (Å²) in [6.45, 7) is 5.95. The van der Waals surface area contributed by atoms with Crippen molar-refractivity contribution in [2.75, 3.05) is 17.2 Å². The number of carbonyl (C=O) groups excluding carboxylic acids is 1. The summed E-state index contributed by atoms with van der Waals surface area (Å²) in [5.74, 6) is -2.65. The van der Waals surface area contributed by atoms with Crippen LogP contribution in [-0.4, -0.2) is 23.5 Å². The number of hydrogen-bond donors (Lipinski definition) is 3. The van der Waals surface area contributed by atoms with Crippen molar-refractivity contribution in [2.45, 2.75) is 33.2 Å². The van der Waals surface area contributed by atoms with Crippen molar-refractivity contribution in [3.05, 3.63) is 17.7 Å². The van der Waals surface area contributed by atoms with E-state index >= 15 is 0 Å². The van der Waals surface area contributed by atoms with Crippen molar-refractivity contribution >= 4 is 17.5 Å². The topological polar surface area (TPSA) is 80.0 Å². The quantitative estimate of drug-likeness (QED) is 0.717. The molecule has 0 saturated carbocycles. The molecule has 20 heavy (non-hydrogen) atoms. The predicted molar refractivity (Wildman–Crippen MR) is 74.4 cm³/mol. The van der Waals surface area contributed by atoms with Gasteiger partial charge in [0.2, 0.25) is 5.91 Å². The van der Waals surface area contributed by atoms with E-state index in [0.717, 1.165) is 12.5 Å². The van der Waals surface area contributed by atoms with Crippen molar-refractivity contribution in [1.29, 1.82) is 0 Å². The van der Waals surface area contributed by atoms with E-state index in [1.807, 2.05) is 6.92 Å². The zero-order chi connectivity index (χ0) is 15.3. The summed E-state index contributed by atoms with van der Waals surface area (Å²) in [7, 11) is 0. The number of nitrogens with one attached hydrogen (secondary N) is 2. The summed E-state index contributed by atoms with van der Waals surface area (Å²) in [5.41, 5.74) is 5.24. The van der Waals surface area contributed by atoms with Gasteiger partial charge in [-0.1, -0.05) is 20.8 Å². The first-order valence-corrected chi connectivity index (χ1v) is 6.52. The number of anilines is 2. The molecule has 1 heterocycles. The summed E-state index contributed by atoms with van der Waals surface area (Å²) in [5, 5.41) is 5.38. The van der Waals surface area contributed by atoms with E-state index < -0.39 is 23.6 Å². The van der Waals surface area contributed by atoms with E-state index in [9.17, 15) is 13.6 Å². The van der Waals surface area contributed by atoms with E-state index in [2.05, 4.69) is 15.6 Å². The molecule has 0 bridgehead atoms. The number of nitrogens with two attached hydrogens (primary N) is 1. The number of hydrogen-bond acceptors (Lipinski definition) is 4. The fraction of sp³-hybridized carbons (Fsp3) is 0.538. The Hall–Kier alpha value is -1.92. The third-order valence-electron chi connectivity index (χ3n) is 2.74. The monoisotopic (exact) mass is 286 g/mol. The standard InChI is InChI=1S/C13H20F2N4O/c1-4-5-17-12-8(14)6-9(15)13(19-12)18-10(7(2)3)11(16)20/h6-7,10H,4-5H2,1-3H3,(H2,16,20)(H2,17,18,19). The van der Waals surface area contributed by atoms with Gasteiger partial charge >= 0.3 is 0 Å². The Balaban J connectivity index is 3.01. The van der Waals surface area contributed by atoms with Gasteiger partial charge in [0, 0.05) is 12.6 Å². The molecule has 1 aromatic heterocycles. The van der Waals surface area contributed by atoms with E-state index in [1.165, 1.54) is 0 Å². The molecule has 0 aliphatic carbocycles. The van der Waals surface area contributed by atoms with Gasteiger partial charge in [-0.3, -0.25) is 4.79 Å². The minimum Gasteiger partial charge on any atom is -0.368 e. The van der Waals surface area contributed by atoms with Crippen LogP contribution in [0.3, 0.4) is 0 Å². The van der Waals surface area contributed by atoms with Crippen molar-refractivity contribution in [2.24, 2.45) is 11.7 Å². The minimum absolute atomic E-state index is 0.0530. The number of primary amides is 1. The maximum atomic E-state index is 13.7. The van der Waals surface area contributed by atoms with Gasteiger partial charge in [0.05, 0.1) is 0 Å². The van der Waals surface area contributed by atoms with E-state index in [-0.39, 0.29) is 17.6 Å². The molecule has 0 saturated heterocycles. The number of aromatic nitrogens is 1. The molecule has 0 aliphatic rings. The Morgan fingerprint density at radius 1 is 1.35 bits per heavy atom. The second-order valence-corrected chi connectivity index (χ2v) is 4.84. The maximum Gasteiger partial charge on any atom is 0.240 e. The third kappa shape index (κ3) is 4.04. The first kappa shape index (κ1) is 16.1. The average molecular weight is 286 g/mol. The van der Waals surface area contributed by atoms with E-state index in [4.69, 9.17) is 5.73 Å². The highest BCUT2D eigenvalue weighted by Gasteiger charge is 2.22. The van der Waals surface area contributed by atoms with Crippen molar-refractivity contribution in [3.63, 3.8) is 0 Å². The van der Waals surface area contributed by atoms with Gasteiger partial charge in [-0.15, -0.1) is 0 Å². The molecule has 0 aliphatic heterocycles. The molecule has 7 heteroatoms. The lowest BCUT2D eigenvalue weighted by molar-refractivity contribution is -0.119. The van der Waals surface area contributed by atoms with Crippen LogP contribution in [0.25, 0.3) is 0 Å². The number of amides is 1. The molecule has 0 fully saturated rings. The molecule has 4 N–H and O–H groups in total. The minimum atomic E-state index is -0.864. The van der Waals surface area contributed by atoms with Crippen LogP contribution in [0.2, 0.25) is 0 Å². The normalized spacial score (nSPS) is 12.3. The molecule has 1 aromatic rings. The molecule has 1 rings (SSSR count). The molecule has 0 spiro atoms. The van der Waals surface area contributed by atoms with Crippen LogP contribution in [0.4, 0.5) is 20.4 Å². The molecule has 1 unspecified atom stereocenters. The van der Waals surface area contributed by atoms with Gasteiger partial charge in [0.25, 0.3) is 0 Å². The fourth-order valence-electron chi connectivity index (χ4n) is 1.65. The van der Waals surface area contributed by atoms with Crippen LogP contribution in [0.15, 0.2) is 6.07 Å². The molecule has 112 valence electrons. The average Bonchev–Trinajstić information content (AvgIpc) is 2.35. The summed E-state index contributed by atoms with van der Waals surface area (Å²) in [4.78, 5) is 15.1. The van der Waals surface area contributed by atoms with Gasteiger partial charge < -0.3 is 16.4 Å². The molecule has 5 nitrogen and oxygen atoms in total. The zero-order valence-electron chi connectivity index (χ0n) is 11.8. The molecule has 1 atom stereocenters. The molecule has 0 radical (unpaired) electrons. The van der Waals surface area contributed by atoms with Crippen LogP contribution in [0.1, 0.15) is 27.2 Å². The second kappa shape index (κ2) is 7.02. The lowest BCUT2D eigenvalue weighted by atomic mass is 10.0. The predicted octanol–water partition coefficient (Wildman–Crippen LogP) is 2.10. The van der Waals surface area contributed by atoms with Crippen molar-refractivity contribution < 1.29 is 13.6 Å². The highest BCUT2D eigenvalue weighted by Crippen LogP contribution is 2.20. The zero-order valence-corrected chi connectivity index (χ0v) is 11.8. The van der Waals surface area contributed by atoms with Crippen LogP contribution < -0.4 is 16.4 Å². The molecular weight excluding hydrogens is 266 g/mol. The lowest BCUT2D eigenvalue weighted by Gasteiger charge is -2.20. The van der Waals surface area contributed by atoms with E-state index in [1.54, 1.807) is 13.8 Å².